The minimum absolute atomic E-state index is 0.0539. The van der Waals surface area contributed by atoms with Crippen molar-refractivity contribution in [3.8, 4) is 5.75 Å². The third-order valence-electron chi connectivity index (χ3n) is 4.09. The fraction of sp³-hybridized carbons (Fsp3) is 0.625. The van der Waals surface area contributed by atoms with Crippen LogP contribution in [0, 0.1) is 6.92 Å². The van der Waals surface area contributed by atoms with E-state index < -0.39 is 0 Å². The molecule has 0 aliphatic carbocycles. The summed E-state index contributed by atoms with van der Waals surface area (Å²) in [6.07, 6.45) is 0.0539. The molecule has 20 heavy (non-hydrogen) atoms. The third kappa shape index (κ3) is 3.32. The highest BCUT2D eigenvalue weighted by Crippen LogP contribution is 2.26. The largest absolute Gasteiger partial charge is 0.497 e. The molecule has 4 nitrogen and oxygen atoms in total. The third-order valence-corrected chi connectivity index (χ3v) is 4.09. The average Bonchev–Trinajstić information content (AvgIpc) is 2.46. The molecule has 1 aliphatic rings. The van der Waals surface area contributed by atoms with Crippen LogP contribution in [0.2, 0.25) is 0 Å². The van der Waals surface area contributed by atoms with Crippen molar-refractivity contribution in [3.63, 3.8) is 0 Å². The lowest BCUT2D eigenvalue weighted by Gasteiger charge is -2.38. The van der Waals surface area contributed by atoms with Gasteiger partial charge in [0.25, 0.3) is 0 Å². The van der Waals surface area contributed by atoms with E-state index in [1.54, 1.807) is 7.11 Å². The molecule has 4 heteroatoms. The van der Waals surface area contributed by atoms with Gasteiger partial charge in [0.15, 0.2) is 0 Å². The van der Waals surface area contributed by atoms with Crippen LogP contribution in [0.5, 0.6) is 5.75 Å². The van der Waals surface area contributed by atoms with Gasteiger partial charge in [0, 0.05) is 19.1 Å². The van der Waals surface area contributed by atoms with Crippen LogP contribution < -0.4 is 10.5 Å². The molecular weight excluding hydrogens is 252 g/mol. The van der Waals surface area contributed by atoms with E-state index in [2.05, 4.69) is 31.7 Å². The monoisotopic (exact) mass is 278 g/mol. The Morgan fingerprint density at radius 3 is 2.75 bits per heavy atom. The first kappa shape index (κ1) is 15.3. The second-order valence-electron chi connectivity index (χ2n) is 5.75. The maximum Gasteiger partial charge on any atom is 0.119 e. The van der Waals surface area contributed by atoms with Crippen LogP contribution in [0.25, 0.3) is 0 Å². The Kier molecular flexibility index (Phi) is 5.02. The lowest BCUT2D eigenvalue weighted by atomic mass is 9.96. The Balaban J connectivity index is 2.12. The molecule has 1 aromatic carbocycles. The molecule has 1 saturated heterocycles. The first-order chi connectivity index (χ1) is 9.52. The highest BCUT2D eigenvalue weighted by molar-refractivity contribution is 5.37. The number of methoxy groups -OCH3 is 1. The van der Waals surface area contributed by atoms with Crippen molar-refractivity contribution in [2.75, 3.05) is 26.8 Å². The van der Waals surface area contributed by atoms with Crippen LogP contribution in [-0.2, 0) is 4.74 Å². The number of rotatable bonds is 4. The molecule has 0 saturated carbocycles. The van der Waals surface area contributed by atoms with Gasteiger partial charge >= 0.3 is 0 Å². The topological polar surface area (TPSA) is 47.7 Å². The predicted molar refractivity (Wildman–Crippen MR) is 81.1 cm³/mol. The van der Waals surface area contributed by atoms with Crippen LogP contribution in [0.3, 0.4) is 0 Å². The maximum absolute atomic E-state index is 6.43. The van der Waals surface area contributed by atoms with Gasteiger partial charge in [0.2, 0.25) is 0 Å². The summed E-state index contributed by atoms with van der Waals surface area (Å²) in [5.41, 5.74) is 8.73. The van der Waals surface area contributed by atoms with Crippen LogP contribution >= 0.6 is 0 Å². The Labute approximate surface area is 121 Å². The summed E-state index contributed by atoms with van der Waals surface area (Å²) in [5.74, 6) is 0.867. The molecule has 0 aromatic heterocycles. The minimum atomic E-state index is -0.0949. The average molecular weight is 278 g/mol. The smallest absolute Gasteiger partial charge is 0.119 e. The molecule has 0 radical (unpaired) electrons. The number of benzene rings is 1. The molecule has 2 rings (SSSR count). The number of hydrogen-bond donors (Lipinski definition) is 1. The molecular formula is C16H26N2O2. The first-order valence-electron chi connectivity index (χ1n) is 7.28. The van der Waals surface area contributed by atoms with Crippen LogP contribution in [0.4, 0.5) is 0 Å². The Morgan fingerprint density at radius 1 is 1.40 bits per heavy atom. The minimum Gasteiger partial charge on any atom is -0.497 e. The SMILES string of the molecule is COc1ccc(C(N)C2CN(C(C)C)CCO2)c(C)c1. The van der Waals surface area contributed by atoms with E-state index in [0.717, 1.165) is 36.6 Å². The fourth-order valence-electron chi connectivity index (χ4n) is 2.73. The first-order valence-corrected chi connectivity index (χ1v) is 7.28. The van der Waals surface area contributed by atoms with Gasteiger partial charge in [0.05, 0.1) is 25.9 Å². The lowest BCUT2D eigenvalue weighted by Crippen LogP contribution is -2.49. The van der Waals surface area contributed by atoms with E-state index in [1.165, 1.54) is 0 Å². The normalized spacial score (nSPS) is 22.0. The molecule has 0 amide bonds. The molecule has 1 heterocycles. The zero-order valence-corrected chi connectivity index (χ0v) is 12.9. The zero-order chi connectivity index (χ0) is 14.7. The number of aryl methyl sites for hydroxylation is 1. The van der Waals surface area contributed by atoms with Gasteiger partial charge in [-0.3, -0.25) is 4.90 Å². The van der Waals surface area contributed by atoms with E-state index in [1.807, 2.05) is 12.1 Å². The second kappa shape index (κ2) is 6.57. The highest BCUT2D eigenvalue weighted by atomic mass is 16.5. The Hall–Kier alpha value is -1.10. The van der Waals surface area contributed by atoms with Gasteiger partial charge in [-0.1, -0.05) is 6.07 Å². The molecule has 2 unspecified atom stereocenters. The molecule has 1 aromatic rings. The predicted octanol–water partition coefficient (Wildman–Crippen LogP) is 2.11. The van der Waals surface area contributed by atoms with Crippen LogP contribution in [-0.4, -0.2) is 43.9 Å². The number of morpholine rings is 1. The Morgan fingerprint density at radius 2 is 2.15 bits per heavy atom. The number of nitrogens with two attached hydrogens (primary N) is 1. The van der Waals surface area contributed by atoms with Crippen molar-refractivity contribution < 1.29 is 9.47 Å². The molecule has 2 atom stereocenters. The molecule has 1 aliphatic heterocycles. The summed E-state index contributed by atoms with van der Waals surface area (Å²) in [5, 5.41) is 0. The van der Waals surface area contributed by atoms with Gasteiger partial charge in [0.1, 0.15) is 5.75 Å². The summed E-state index contributed by atoms with van der Waals surface area (Å²) < 4.78 is 11.1. The van der Waals surface area contributed by atoms with E-state index >= 15 is 0 Å². The van der Waals surface area contributed by atoms with Gasteiger partial charge in [-0.15, -0.1) is 0 Å². The standard InChI is InChI=1S/C16H26N2O2/c1-11(2)18-7-8-20-15(10-18)16(17)14-6-5-13(19-4)9-12(14)3/h5-6,9,11,15-16H,7-8,10,17H2,1-4H3. The van der Waals surface area contributed by atoms with Crippen molar-refractivity contribution in [2.45, 2.75) is 39.0 Å². The number of ether oxygens (including phenoxy) is 2. The van der Waals surface area contributed by atoms with Crippen molar-refractivity contribution >= 4 is 0 Å². The van der Waals surface area contributed by atoms with Crippen molar-refractivity contribution in [2.24, 2.45) is 5.73 Å². The molecule has 1 fully saturated rings. The van der Waals surface area contributed by atoms with E-state index in [-0.39, 0.29) is 12.1 Å². The molecule has 2 N–H and O–H groups in total. The maximum atomic E-state index is 6.43. The van der Waals surface area contributed by atoms with Crippen LogP contribution in [0.15, 0.2) is 18.2 Å². The lowest BCUT2D eigenvalue weighted by molar-refractivity contribution is -0.0503. The van der Waals surface area contributed by atoms with E-state index in [0.29, 0.717) is 6.04 Å². The van der Waals surface area contributed by atoms with Gasteiger partial charge in [-0.25, -0.2) is 0 Å². The van der Waals surface area contributed by atoms with Crippen molar-refractivity contribution in [1.82, 2.24) is 4.90 Å². The van der Waals surface area contributed by atoms with Crippen molar-refractivity contribution in [3.05, 3.63) is 29.3 Å². The van der Waals surface area contributed by atoms with Gasteiger partial charge in [-0.05, 0) is 44.0 Å². The second-order valence-corrected chi connectivity index (χ2v) is 5.75. The molecule has 112 valence electrons. The summed E-state index contributed by atoms with van der Waals surface area (Å²) >= 11 is 0. The van der Waals surface area contributed by atoms with Gasteiger partial charge in [-0.2, -0.15) is 0 Å². The highest BCUT2D eigenvalue weighted by Gasteiger charge is 2.28. The zero-order valence-electron chi connectivity index (χ0n) is 12.9. The number of hydrogen-bond acceptors (Lipinski definition) is 4. The Bertz CT molecular complexity index is 448. The van der Waals surface area contributed by atoms with Crippen molar-refractivity contribution in [1.29, 1.82) is 0 Å². The summed E-state index contributed by atoms with van der Waals surface area (Å²) in [6, 6.07) is 6.48. The molecule has 0 spiro atoms. The summed E-state index contributed by atoms with van der Waals surface area (Å²) in [4.78, 5) is 2.42. The summed E-state index contributed by atoms with van der Waals surface area (Å²) in [7, 11) is 1.68. The van der Waals surface area contributed by atoms with E-state index in [9.17, 15) is 0 Å². The van der Waals surface area contributed by atoms with E-state index in [4.69, 9.17) is 15.2 Å². The summed E-state index contributed by atoms with van der Waals surface area (Å²) in [6.45, 7) is 9.14. The van der Waals surface area contributed by atoms with Gasteiger partial charge < -0.3 is 15.2 Å². The fourth-order valence-corrected chi connectivity index (χ4v) is 2.73. The number of nitrogens with zero attached hydrogens (tertiary/aromatic N) is 1. The van der Waals surface area contributed by atoms with Crippen LogP contribution in [0.1, 0.15) is 31.0 Å². The quantitative estimate of drug-likeness (QED) is 0.916. The molecule has 0 bridgehead atoms.